The highest BCUT2D eigenvalue weighted by Crippen LogP contribution is 2.25. The molecule has 0 spiro atoms. The number of benzene rings is 1. The van der Waals surface area contributed by atoms with E-state index in [-0.39, 0.29) is 11.9 Å². The van der Waals surface area contributed by atoms with Crippen LogP contribution in [0.2, 0.25) is 0 Å². The Kier molecular flexibility index (Phi) is 7.05. The minimum absolute atomic E-state index is 0.0932. The van der Waals surface area contributed by atoms with Gasteiger partial charge in [-0.15, -0.1) is 11.3 Å². The van der Waals surface area contributed by atoms with Crippen molar-refractivity contribution in [2.24, 2.45) is 0 Å². The standard InChI is InChI=1S/C20H26N2O3S/c1-24-17-7-4-16(5-8-17)6-9-20(23)21-15-18(19-3-2-14-26-19)22-10-12-25-13-11-22/h2-5,7-8,14,18H,6,9-13,15H2,1H3,(H,21,23). The highest BCUT2D eigenvalue weighted by molar-refractivity contribution is 7.10. The van der Waals surface area contributed by atoms with Crippen molar-refractivity contribution in [3.05, 3.63) is 52.2 Å². The first kappa shape index (κ1) is 18.9. The molecule has 140 valence electrons. The van der Waals surface area contributed by atoms with Crippen molar-refractivity contribution in [1.29, 1.82) is 0 Å². The Balaban J connectivity index is 1.50. The van der Waals surface area contributed by atoms with Gasteiger partial charge in [-0.3, -0.25) is 9.69 Å². The van der Waals surface area contributed by atoms with Gasteiger partial charge in [-0.1, -0.05) is 18.2 Å². The van der Waals surface area contributed by atoms with Gasteiger partial charge in [0.05, 0.1) is 26.4 Å². The zero-order valence-corrected chi connectivity index (χ0v) is 16.0. The van der Waals surface area contributed by atoms with Gasteiger partial charge >= 0.3 is 0 Å². The van der Waals surface area contributed by atoms with E-state index >= 15 is 0 Å². The molecule has 2 aromatic rings. The Bertz CT molecular complexity index is 667. The Morgan fingerprint density at radius 1 is 1.27 bits per heavy atom. The second-order valence-electron chi connectivity index (χ2n) is 6.33. The molecule has 0 saturated carbocycles. The van der Waals surface area contributed by atoms with Gasteiger partial charge in [0.1, 0.15) is 5.75 Å². The molecule has 5 nitrogen and oxygen atoms in total. The fourth-order valence-electron chi connectivity index (χ4n) is 3.13. The fraction of sp³-hybridized carbons (Fsp3) is 0.450. The number of nitrogens with one attached hydrogen (secondary N) is 1. The molecule has 3 rings (SSSR count). The van der Waals surface area contributed by atoms with Crippen molar-refractivity contribution in [2.45, 2.75) is 18.9 Å². The molecule has 0 radical (unpaired) electrons. The summed E-state index contributed by atoms with van der Waals surface area (Å²) in [5.74, 6) is 0.929. The monoisotopic (exact) mass is 374 g/mol. The largest absolute Gasteiger partial charge is 0.497 e. The van der Waals surface area contributed by atoms with E-state index in [2.05, 4.69) is 27.7 Å². The Morgan fingerprint density at radius 2 is 2.04 bits per heavy atom. The SMILES string of the molecule is COc1ccc(CCC(=O)NCC(c2cccs2)N2CCOCC2)cc1. The summed E-state index contributed by atoms with van der Waals surface area (Å²) in [7, 11) is 1.65. The van der Waals surface area contributed by atoms with Gasteiger partial charge in [-0.2, -0.15) is 0 Å². The molecule has 0 aliphatic carbocycles. The van der Waals surface area contributed by atoms with Crippen LogP contribution in [0.15, 0.2) is 41.8 Å². The fourth-order valence-corrected chi connectivity index (χ4v) is 3.99. The van der Waals surface area contributed by atoms with E-state index in [1.54, 1.807) is 18.4 Å². The van der Waals surface area contributed by atoms with Crippen molar-refractivity contribution < 1.29 is 14.3 Å². The number of nitrogens with zero attached hydrogens (tertiary/aromatic N) is 1. The highest BCUT2D eigenvalue weighted by Gasteiger charge is 2.23. The molecule has 2 heterocycles. The first-order valence-corrected chi connectivity index (χ1v) is 9.89. The van der Waals surface area contributed by atoms with Gasteiger partial charge in [0.15, 0.2) is 0 Å². The quantitative estimate of drug-likeness (QED) is 0.772. The van der Waals surface area contributed by atoms with E-state index in [1.807, 2.05) is 24.3 Å². The maximum Gasteiger partial charge on any atom is 0.220 e. The van der Waals surface area contributed by atoms with Crippen LogP contribution >= 0.6 is 11.3 Å². The third kappa shape index (κ3) is 5.30. The van der Waals surface area contributed by atoms with E-state index in [9.17, 15) is 4.79 Å². The van der Waals surface area contributed by atoms with Crippen LogP contribution in [-0.2, 0) is 16.0 Å². The Labute approximate surface area is 158 Å². The lowest BCUT2D eigenvalue weighted by Gasteiger charge is -2.34. The number of hydrogen-bond acceptors (Lipinski definition) is 5. The second kappa shape index (κ2) is 9.71. The third-order valence-electron chi connectivity index (χ3n) is 4.65. The minimum Gasteiger partial charge on any atom is -0.497 e. The summed E-state index contributed by atoms with van der Waals surface area (Å²) in [6.45, 7) is 3.97. The first-order chi connectivity index (χ1) is 12.8. The van der Waals surface area contributed by atoms with E-state index < -0.39 is 0 Å². The predicted molar refractivity (Wildman–Crippen MR) is 104 cm³/mol. The van der Waals surface area contributed by atoms with E-state index in [0.717, 1.165) is 44.0 Å². The first-order valence-electron chi connectivity index (χ1n) is 9.01. The predicted octanol–water partition coefficient (Wildman–Crippen LogP) is 2.88. The summed E-state index contributed by atoms with van der Waals surface area (Å²) in [6.07, 6.45) is 1.23. The Hall–Kier alpha value is -1.89. The summed E-state index contributed by atoms with van der Waals surface area (Å²) in [4.78, 5) is 16.0. The van der Waals surface area contributed by atoms with Crippen LogP contribution in [0.1, 0.15) is 22.9 Å². The van der Waals surface area contributed by atoms with Crippen LogP contribution in [0.5, 0.6) is 5.75 Å². The number of rotatable bonds is 8. The lowest BCUT2D eigenvalue weighted by Crippen LogP contribution is -2.43. The molecule has 1 unspecified atom stereocenters. The van der Waals surface area contributed by atoms with Crippen molar-refractivity contribution in [3.8, 4) is 5.75 Å². The van der Waals surface area contributed by atoms with Gasteiger partial charge in [0.2, 0.25) is 5.91 Å². The zero-order valence-electron chi connectivity index (χ0n) is 15.1. The number of methoxy groups -OCH3 is 1. The molecular weight excluding hydrogens is 348 g/mol. The summed E-state index contributed by atoms with van der Waals surface area (Å²) < 4.78 is 10.6. The van der Waals surface area contributed by atoms with Gasteiger partial charge in [-0.05, 0) is 35.6 Å². The van der Waals surface area contributed by atoms with Crippen molar-refractivity contribution in [2.75, 3.05) is 40.0 Å². The number of carbonyl (C=O) groups excluding carboxylic acids is 1. The number of thiophene rings is 1. The maximum atomic E-state index is 12.3. The average molecular weight is 375 g/mol. The second-order valence-corrected chi connectivity index (χ2v) is 7.31. The molecule has 1 aromatic heterocycles. The molecule has 26 heavy (non-hydrogen) atoms. The lowest BCUT2D eigenvalue weighted by molar-refractivity contribution is -0.121. The molecule has 1 aliphatic rings. The summed E-state index contributed by atoms with van der Waals surface area (Å²) in [6, 6.07) is 12.3. The smallest absolute Gasteiger partial charge is 0.220 e. The van der Waals surface area contributed by atoms with Gasteiger partial charge in [0, 0.05) is 30.9 Å². The number of aryl methyl sites for hydroxylation is 1. The van der Waals surface area contributed by atoms with E-state index in [0.29, 0.717) is 13.0 Å². The van der Waals surface area contributed by atoms with Gasteiger partial charge < -0.3 is 14.8 Å². The normalized spacial score (nSPS) is 16.2. The molecule has 1 atom stereocenters. The Morgan fingerprint density at radius 3 is 2.69 bits per heavy atom. The summed E-state index contributed by atoms with van der Waals surface area (Å²) in [5.41, 5.74) is 1.14. The molecule has 6 heteroatoms. The number of hydrogen-bond donors (Lipinski definition) is 1. The van der Waals surface area contributed by atoms with Crippen LogP contribution in [0.4, 0.5) is 0 Å². The summed E-state index contributed by atoms with van der Waals surface area (Å²) >= 11 is 1.74. The van der Waals surface area contributed by atoms with Crippen LogP contribution in [0.25, 0.3) is 0 Å². The molecule has 1 aliphatic heterocycles. The zero-order chi connectivity index (χ0) is 18.2. The van der Waals surface area contributed by atoms with Crippen molar-refractivity contribution in [1.82, 2.24) is 10.2 Å². The van der Waals surface area contributed by atoms with Gasteiger partial charge in [-0.25, -0.2) is 0 Å². The highest BCUT2D eigenvalue weighted by atomic mass is 32.1. The third-order valence-corrected chi connectivity index (χ3v) is 5.62. The van der Waals surface area contributed by atoms with Crippen LogP contribution in [0.3, 0.4) is 0 Å². The maximum absolute atomic E-state index is 12.3. The average Bonchev–Trinajstić information content (AvgIpc) is 3.22. The van der Waals surface area contributed by atoms with Crippen LogP contribution in [0, 0.1) is 0 Å². The van der Waals surface area contributed by atoms with Crippen molar-refractivity contribution >= 4 is 17.2 Å². The molecule has 1 N–H and O–H groups in total. The van der Waals surface area contributed by atoms with E-state index in [4.69, 9.17) is 9.47 Å². The number of amides is 1. The molecule has 0 bridgehead atoms. The summed E-state index contributed by atoms with van der Waals surface area (Å²) in [5, 5.41) is 5.21. The molecule has 1 fully saturated rings. The minimum atomic E-state index is 0.0932. The lowest BCUT2D eigenvalue weighted by atomic mass is 10.1. The molecule has 1 amide bonds. The number of morpholine rings is 1. The van der Waals surface area contributed by atoms with E-state index in [1.165, 1.54) is 4.88 Å². The molecule has 1 saturated heterocycles. The topological polar surface area (TPSA) is 50.8 Å². The molecule has 1 aromatic carbocycles. The van der Waals surface area contributed by atoms with Gasteiger partial charge in [0.25, 0.3) is 0 Å². The number of ether oxygens (including phenoxy) is 2. The van der Waals surface area contributed by atoms with Crippen LogP contribution in [-0.4, -0.2) is 50.8 Å². The van der Waals surface area contributed by atoms with Crippen molar-refractivity contribution in [3.63, 3.8) is 0 Å². The number of carbonyl (C=O) groups is 1. The van der Waals surface area contributed by atoms with Crippen LogP contribution < -0.4 is 10.1 Å². The molecular formula is C20H26N2O3S.